The summed E-state index contributed by atoms with van der Waals surface area (Å²) in [5, 5.41) is 2.69. The molecule has 1 aliphatic carbocycles. The highest BCUT2D eigenvalue weighted by Gasteiger charge is 2.29. The molecule has 3 aromatic rings. The quantitative estimate of drug-likeness (QED) is 0.424. The van der Waals surface area contributed by atoms with Gasteiger partial charge < -0.3 is 19.4 Å². The van der Waals surface area contributed by atoms with Crippen molar-refractivity contribution in [1.29, 1.82) is 0 Å². The number of carbonyl (C=O) groups excluding carboxylic acids is 1. The molecule has 1 aromatic carbocycles. The van der Waals surface area contributed by atoms with E-state index in [1.807, 2.05) is 4.58 Å². The third-order valence-electron chi connectivity index (χ3n) is 6.60. The molecule has 0 atom stereocenters. The fourth-order valence-electron chi connectivity index (χ4n) is 4.60. The number of aromatic nitrogens is 4. The van der Waals surface area contributed by atoms with Crippen LogP contribution in [0.1, 0.15) is 31.5 Å². The molecular weight excluding hydrogens is 455 g/mol. The van der Waals surface area contributed by atoms with Crippen molar-refractivity contribution >= 4 is 29.5 Å². The van der Waals surface area contributed by atoms with E-state index in [1.54, 1.807) is 13.2 Å². The van der Waals surface area contributed by atoms with Crippen LogP contribution >= 0.6 is 0 Å². The lowest BCUT2D eigenvalue weighted by Crippen LogP contribution is -2.32. The molecule has 1 N–H and O–H groups in total. The monoisotopic (exact) mass is 481 g/mol. The molecule has 1 saturated carbocycles. The molecule has 0 spiro atoms. The van der Waals surface area contributed by atoms with E-state index in [9.17, 15) is 14.0 Å². The van der Waals surface area contributed by atoms with E-state index in [0.717, 1.165) is 25.7 Å². The summed E-state index contributed by atoms with van der Waals surface area (Å²) in [7, 11) is 1.58. The molecule has 11 heteroatoms. The number of anilines is 1. The van der Waals surface area contributed by atoms with Crippen LogP contribution < -0.4 is 20.3 Å². The Balaban J connectivity index is 1.18. The van der Waals surface area contributed by atoms with Crippen LogP contribution in [0, 0.1) is 11.7 Å². The lowest BCUT2D eigenvalue weighted by molar-refractivity contribution is -0.578. The van der Waals surface area contributed by atoms with Gasteiger partial charge in [-0.1, -0.05) is 0 Å². The van der Waals surface area contributed by atoms with Crippen molar-refractivity contribution < 1.29 is 23.2 Å². The van der Waals surface area contributed by atoms with Crippen LogP contribution in [0.25, 0.3) is 11.0 Å². The highest BCUT2D eigenvalue weighted by molar-refractivity contribution is 5.94. The Morgan fingerprint density at radius 1 is 1.23 bits per heavy atom. The first-order chi connectivity index (χ1) is 16.9. The summed E-state index contributed by atoms with van der Waals surface area (Å²) >= 11 is 0. The molecule has 2 aromatic heterocycles. The Morgan fingerprint density at radius 2 is 2.03 bits per heavy atom. The predicted molar refractivity (Wildman–Crippen MR) is 125 cm³/mol. The van der Waals surface area contributed by atoms with Gasteiger partial charge in [-0.25, -0.2) is 23.9 Å². The average molecular weight is 482 g/mol. The van der Waals surface area contributed by atoms with E-state index in [4.69, 9.17) is 9.47 Å². The third kappa shape index (κ3) is 4.71. The molecule has 2 aliphatic rings. The zero-order valence-corrected chi connectivity index (χ0v) is 19.4. The number of fused-ring (bicyclic) bond motifs is 2. The van der Waals surface area contributed by atoms with Crippen LogP contribution in [0.4, 0.5) is 10.2 Å². The van der Waals surface area contributed by atoms with Gasteiger partial charge >= 0.3 is 0 Å². The molecule has 1 fully saturated rings. The van der Waals surface area contributed by atoms with E-state index < -0.39 is 5.82 Å². The van der Waals surface area contributed by atoms with Crippen molar-refractivity contribution in [3.63, 3.8) is 0 Å². The van der Waals surface area contributed by atoms with Gasteiger partial charge in [-0.15, -0.1) is 0 Å². The molecule has 10 nitrogen and oxygen atoms in total. The molecule has 1 amide bonds. The summed E-state index contributed by atoms with van der Waals surface area (Å²) in [6.45, 7) is 4.94. The molecule has 1 aliphatic heterocycles. The number of aryl methyl sites for hydroxylation is 1. The highest BCUT2D eigenvalue weighted by Crippen LogP contribution is 2.31. The van der Waals surface area contributed by atoms with Crippen molar-refractivity contribution in [2.45, 2.75) is 38.3 Å². The number of rotatable bonds is 6. The SMILES string of the molecule is C=[N+](Cc1ncc2c(n1)NC(=O)CO2)C1CCC(COc2c(F)ccc3ncc(=O)n(C)c23)CC1. The van der Waals surface area contributed by atoms with Crippen LogP contribution in [0.2, 0.25) is 0 Å². The Bertz CT molecular complexity index is 1370. The largest absolute Gasteiger partial charge is 0.488 e. The molecule has 0 radical (unpaired) electrons. The predicted octanol–water partition coefficient (Wildman–Crippen LogP) is 2.04. The average Bonchev–Trinajstić information content (AvgIpc) is 2.86. The van der Waals surface area contributed by atoms with Gasteiger partial charge in [0, 0.05) is 19.9 Å². The van der Waals surface area contributed by atoms with Gasteiger partial charge in [-0.05, 0) is 30.9 Å². The van der Waals surface area contributed by atoms with Gasteiger partial charge in [0.1, 0.15) is 12.2 Å². The Labute approximate surface area is 200 Å². The molecule has 35 heavy (non-hydrogen) atoms. The van der Waals surface area contributed by atoms with Crippen molar-refractivity contribution in [3.05, 3.63) is 46.5 Å². The number of benzene rings is 1. The maximum atomic E-state index is 14.6. The third-order valence-corrected chi connectivity index (χ3v) is 6.60. The van der Waals surface area contributed by atoms with Crippen molar-refractivity contribution in [2.75, 3.05) is 18.5 Å². The van der Waals surface area contributed by atoms with Gasteiger partial charge in [-0.2, -0.15) is 0 Å². The summed E-state index contributed by atoms with van der Waals surface area (Å²) in [6, 6.07) is 3.10. The van der Waals surface area contributed by atoms with Gasteiger partial charge in [-0.3, -0.25) is 9.59 Å². The highest BCUT2D eigenvalue weighted by atomic mass is 19.1. The number of carbonyl (C=O) groups is 1. The normalized spacial score (nSPS) is 19.5. The first-order valence-electron chi connectivity index (χ1n) is 11.5. The summed E-state index contributed by atoms with van der Waals surface area (Å²) in [6.07, 6.45) is 6.39. The van der Waals surface area contributed by atoms with Crippen LogP contribution in [0.15, 0.2) is 29.3 Å². The van der Waals surface area contributed by atoms with Crippen molar-refractivity contribution in [3.8, 4) is 11.5 Å². The van der Waals surface area contributed by atoms with Gasteiger partial charge in [0.25, 0.3) is 11.5 Å². The minimum atomic E-state index is -0.509. The second-order valence-corrected chi connectivity index (χ2v) is 8.97. The van der Waals surface area contributed by atoms with E-state index in [2.05, 4.69) is 27.0 Å². The Kier molecular flexibility index (Phi) is 6.14. The van der Waals surface area contributed by atoms with Crippen molar-refractivity contribution in [2.24, 2.45) is 13.0 Å². The molecule has 5 rings (SSSR count). The number of halogens is 1. The van der Waals surface area contributed by atoms with Gasteiger partial charge in [0.15, 0.2) is 41.6 Å². The second kappa shape index (κ2) is 9.40. The number of nitrogens with zero attached hydrogens (tertiary/aromatic N) is 5. The molecule has 3 heterocycles. The van der Waals surface area contributed by atoms with Gasteiger partial charge in [0.2, 0.25) is 6.54 Å². The van der Waals surface area contributed by atoms with E-state index in [-0.39, 0.29) is 35.8 Å². The maximum absolute atomic E-state index is 14.6. The summed E-state index contributed by atoms with van der Waals surface area (Å²) < 4.78 is 29.1. The van der Waals surface area contributed by atoms with Crippen molar-refractivity contribution in [1.82, 2.24) is 19.5 Å². The minimum absolute atomic E-state index is 0.0354. The number of hydrogen-bond acceptors (Lipinski definition) is 7. The lowest BCUT2D eigenvalue weighted by atomic mass is 9.86. The standard InChI is InChI=1S/C24H25FN6O4/c1-30(11-19-27-9-18-24(28-19)29-20(32)13-34-18)15-5-3-14(4-6-15)12-35-23-16(25)7-8-17-22(23)31(2)21(33)10-26-17/h7-10,14-15H,1,3-6,11-13H2,2H3/p+1. The van der Waals surface area contributed by atoms with Crippen LogP contribution in [0.3, 0.4) is 0 Å². The van der Waals surface area contributed by atoms with E-state index in [0.29, 0.717) is 41.6 Å². The lowest BCUT2D eigenvalue weighted by Gasteiger charge is -2.26. The summed E-state index contributed by atoms with van der Waals surface area (Å²) in [5.41, 5.74) is 0.555. The number of ether oxygens (including phenoxy) is 2. The van der Waals surface area contributed by atoms with Gasteiger partial charge in [0.05, 0.1) is 24.5 Å². The van der Waals surface area contributed by atoms with E-state index >= 15 is 0 Å². The Morgan fingerprint density at radius 3 is 2.83 bits per heavy atom. The maximum Gasteiger partial charge on any atom is 0.269 e. The van der Waals surface area contributed by atoms with E-state index in [1.165, 1.54) is 22.9 Å². The molecule has 182 valence electrons. The number of amides is 1. The van der Waals surface area contributed by atoms with Crippen LogP contribution in [-0.2, 0) is 18.4 Å². The summed E-state index contributed by atoms with van der Waals surface area (Å²) in [4.78, 5) is 36.3. The summed E-state index contributed by atoms with van der Waals surface area (Å²) in [5.74, 6) is 0.977. The Hall–Kier alpha value is -3.89. The first kappa shape index (κ1) is 22.9. The number of nitrogens with one attached hydrogen (secondary N) is 1. The fourth-order valence-corrected chi connectivity index (χ4v) is 4.60. The zero-order valence-electron chi connectivity index (χ0n) is 19.4. The molecular formula is C24H26FN6O4+. The first-order valence-corrected chi connectivity index (χ1v) is 11.5. The fraction of sp³-hybridized carbons (Fsp3) is 0.417. The number of hydrogen-bond donors (Lipinski definition) is 1. The topological polar surface area (TPSA) is 111 Å². The van der Waals surface area contributed by atoms with Crippen LogP contribution in [0.5, 0.6) is 11.5 Å². The molecule has 0 unspecified atom stereocenters. The second-order valence-electron chi connectivity index (χ2n) is 8.97. The molecule has 0 saturated heterocycles. The van der Waals surface area contributed by atoms with Crippen LogP contribution in [-0.4, -0.2) is 56.0 Å². The smallest absolute Gasteiger partial charge is 0.269 e. The zero-order chi connectivity index (χ0) is 24.5. The molecule has 0 bridgehead atoms. The minimum Gasteiger partial charge on any atom is -0.488 e.